The molecule has 234 valence electrons. The highest BCUT2D eigenvalue weighted by atomic mass is 16.5. The Labute approximate surface area is 244 Å². The lowest BCUT2D eigenvalue weighted by molar-refractivity contribution is -0.137. The van der Waals surface area contributed by atoms with E-state index in [1.807, 2.05) is 5.32 Å². The highest BCUT2D eigenvalue weighted by molar-refractivity contribution is 5.92. The van der Waals surface area contributed by atoms with Crippen LogP contribution in [-0.4, -0.2) is 111 Å². The van der Waals surface area contributed by atoms with Crippen LogP contribution in [0.1, 0.15) is 5.56 Å². The molecule has 9 N–H and O–H groups in total. The van der Waals surface area contributed by atoms with Gasteiger partial charge in [0.05, 0.1) is 39.3 Å². The van der Waals surface area contributed by atoms with Crippen LogP contribution >= 0.6 is 0 Å². The molecule has 0 radical (unpaired) electrons. The standard InChI is InChI=1S/C24H32N8O11/c33-16(25-7-17(34)27-9-19(36)29-11-21(38)31-13-23(40)41)6-26-18(35)8-28-20(37)10-30-22(39)12-32-24(42)43-14-15-4-2-1-3-5-15/h1-5H,6-14H2,(H,25,33)(H,26,35)(H,27,34)(H,28,37)(H,29,36)(H,30,39)(H,31,38)(H,32,42)(H,40,41). The minimum absolute atomic E-state index is 0.0139. The fourth-order valence-corrected chi connectivity index (χ4v) is 2.61. The molecule has 8 amide bonds. The topological polar surface area (TPSA) is 279 Å². The first-order valence-corrected chi connectivity index (χ1v) is 12.5. The van der Waals surface area contributed by atoms with Crippen molar-refractivity contribution in [3.05, 3.63) is 35.9 Å². The SMILES string of the molecule is O=C(O)CNC(=O)CNC(=O)CNC(=O)CNC(=O)CNC(=O)CNC(=O)CNC(=O)CNC(=O)OCc1ccccc1. The van der Waals surface area contributed by atoms with Gasteiger partial charge in [-0.2, -0.15) is 0 Å². The molecule has 0 aliphatic carbocycles. The van der Waals surface area contributed by atoms with E-state index in [0.717, 1.165) is 5.56 Å². The summed E-state index contributed by atoms with van der Waals surface area (Å²) >= 11 is 0. The molecular formula is C24H32N8O11. The number of carboxylic acid groups (broad SMARTS) is 1. The van der Waals surface area contributed by atoms with E-state index in [9.17, 15) is 43.2 Å². The van der Waals surface area contributed by atoms with Crippen LogP contribution in [-0.2, 0) is 49.7 Å². The molecule has 19 heteroatoms. The Hall–Kier alpha value is -5.75. The van der Waals surface area contributed by atoms with E-state index in [-0.39, 0.29) is 6.61 Å². The summed E-state index contributed by atoms with van der Waals surface area (Å²) in [6.07, 6.45) is -0.827. The lowest BCUT2D eigenvalue weighted by Crippen LogP contribution is -2.47. The summed E-state index contributed by atoms with van der Waals surface area (Å²) in [5.74, 6) is -6.40. The quantitative estimate of drug-likeness (QED) is 0.0759. The molecule has 43 heavy (non-hydrogen) atoms. The van der Waals surface area contributed by atoms with Gasteiger partial charge in [0.25, 0.3) is 0 Å². The maximum Gasteiger partial charge on any atom is 0.407 e. The van der Waals surface area contributed by atoms with Crippen LogP contribution in [0.15, 0.2) is 30.3 Å². The van der Waals surface area contributed by atoms with E-state index in [2.05, 4.69) is 37.2 Å². The van der Waals surface area contributed by atoms with Gasteiger partial charge in [-0.25, -0.2) is 4.79 Å². The Morgan fingerprint density at radius 3 is 1.09 bits per heavy atom. The van der Waals surface area contributed by atoms with Crippen LogP contribution in [0.25, 0.3) is 0 Å². The van der Waals surface area contributed by atoms with Crippen molar-refractivity contribution in [1.82, 2.24) is 42.5 Å². The van der Waals surface area contributed by atoms with Gasteiger partial charge >= 0.3 is 12.1 Å². The molecule has 0 fully saturated rings. The van der Waals surface area contributed by atoms with Crippen molar-refractivity contribution in [1.29, 1.82) is 0 Å². The Kier molecular flexibility index (Phi) is 16.6. The van der Waals surface area contributed by atoms with E-state index in [4.69, 9.17) is 9.84 Å². The number of benzene rings is 1. The summed E-state index contributed by atoms with van der Waals surface area (Å²) in [5.41, 5.74) is 0.759. The zero-order valence-electron chi connectivity index (χ0n) is 22.8. The first kappa shape index (κ1) is 35.3. The molecule has 0 saturated heterocycles. The van der Waals surface area contributed by atoms with Crippen LogP contribution in [0.4, 0.5) is 4.79 Å². The highest BCUT2D eigenvalue weighted by Gasteiger charge is 2.12. The van der Waals surface area contributed by atoms with Crippen molar-refractivity contribution >= 4 is 53.4 Å². The highest BCUT2D eigenvalue weighted by Crippen LogP contribution is 2.00. The predicted molar refractivity (Wildman–Crippen MR) is 143 cm³/mol. The van der Waals surface area contributed by atoms with Crippen LogP contribution in [0.2, 0.25) is 0 Å². The second-order valence-electron chi connectivity index (χ2n) is 8.25. The van der Waals surface area contributed by atoms with Gasteiger partial charge in [-0.3, -0.25) is 38.4 Å². The normalized spacial score (nSPS) is 9.77. The zero-order valence-corrected chi connectivity index (χ0v) is 22.8. The van der Waals surface area contributed by atoms with Crippen LogP contribution in [0.5, 0.6) is 0 Å². The third-order valence-corrected chi connectivity index (χ3v) is 4.72. The molecule has 0 aliphatic rings. The van der Waals surface area contributed by atoms with Gasteiger partial charge in [-0.1, -0.05) is 30.3 Å². The number of rotatable bonds is 18. The fraction of sp³-hybridized carbons (Fsp3) is 0.375. The lowest BCUT2D eigenvalue weighted by Gasteiger charge is -2.10. The van der Waals surface area contributed by atoms with Gasteiger partial charge in [0, 0.05) is 0 Å². The number of ether oxygens (including phenoxy) is 1. The summed E-state index contributed by atoms with van der Waals surface area (Å²) in [6, 6.07) is 8.87. The minimum atomic E-state index is -1.26. The average molecular weight is 609 g/mol. The molecule has 0 saturated carbocycles. The number of nitrogens with one attached hydrogen (secondary N) is 8. The van der Waals surface area contributed by atoms with Gasteiger partial charge < -0.3 is 52.4 Å². The van der Waals surface area contributed by atoms with Crippen LogP contribution in [0, 0.1) is 0 Å². The summed E-state index contributed by atoms with van der Waals surface area (Å²) in [5, 5.41) is 25.8. The number of amides is 8. The first-order valence-electron chi connectivity index (χ1n) is 12.5. The minimum Gasteiger partial charge on any atom is -0.480 e. The number of carbonyl (C=O) groups excluding carboxylic acids is 8. The second-order valence-corrected chi connectivity index (χ2v) is 8.25. The van der Waals surface area contributed by atoms with Crippen molar-refractivity contribution in [2.75, 3.05) is 52.4 Å². The molecule has 0 bridgehead atoms. The van der Waals surface area contributed by atoms with E-state index >= 15 is 0 Å². The molecule has 0 unspecified atom stereocenters. The summed E-state index contributed by atoms with van der Waals surface area (Å²) in [7, 11) is 0. The molecular weight excluding hydrogens is 576 g/mol. The zero-order chi connectivity index (χ0) is 32.0. The monoisotopic (exact) mass is 608 g/mol. The van der Waals surface area contributed by atoms with Gasteiger partial charge in [-0.05, 0) is 5.56 Å². The Morgan fingerprint density at radius 2 is 0.767 bits per heavy atom. The molecule has 0 atom stereocenters. The molecule has 19 nitrogen and oxygen atoms in total. The number of carboxylic acids is 1. The molecule has 1 aromatic rings. The lowest BCUT2D eigenvalue weighted by atomic mass is 10.2. The Morgan fingerprint density at radius 1 is 0.465 bits per heavy atom. The smallest absolute Gasteiger partial charge is 0.407 e. The van der Waals surface area contributed by atoms with E-state index in [0.29, 0.717) is 0 Å². The van der Waals surface area contributed by atoms with Gasteiger partial charge in [0.1, 0.15) is 19.7 Å². The molecule has 0 spiro atoms. The van der Waals surface area contributed by atoms with Gasteiger partial charge in [0.2, 0.25) is 41.4 Å². The number of hydrogen-bond donors (Lipinski definition) is 9. The largest absolute Gasteiger partial charge is 0.480 e. The number of carbonyl (C=O) groups is 9. The number of aliphatic carboxylic acids is 1. The molecule has 0 heterocycles. The van der Waals surface area contributed by atoms with Crippen LogP contribution in [0.3, 0.4) is 0 Å². The maximum atomic E-state index is 11.8. The first-order chi connectivity index (χ1) is 20.4. The molecule has 0 aromatic heterocycles. The van der Waals surface area contributed by atoms with Crippen molar-refractivity contribution in [3.8, 4) is 0 Å². The third kappa shape index (κ3) is 19.0. The average Bonchev–Trinajstić information content (AvgIpc) is 2.99. The van der Waals surface area contributed by atoms with Crippen molar-refractivity contribution < 1.29 is 53.0 Å². The van der Waals surface area contributed by atoms with E-state index in [1.54, 1.807) is 30.3 Å². The third-order valence-electron chi connectivity index (χ3n) is 4.72. The Balaban J connectivity index is 2.09. The van der Waals surface area contributed by atoms with Crippen LogP contribution < -0.4 is 42.5 Å². The maximum absolute atomic E-state index is 11.8. The predicted octanol–water partition coefficient (Wildman–Crippen LogP) is -5.19. The van der Waals surface area contributed by atoms with E-state index < -0.39 is 106 Å². The molecule has 1 aromatic carbocycles. The van der Waals surface area contributed by atoms with E-state index in [1.165, 1.54) is 0 Å². The number of alkyl carbamates (subject to hydrolysis) is 1. The fourth-order valence-electron chi connectivity index (χ4n) is 2.61. The van der Waals surface area contributed by atoms with Gasteiger partial charge in [-0.15, -0.1) is 0 Å². The van der Waals surface area contributed by atoms with Crippen molar-refractivity contribution in [3.63, 3.8) is 0 Å². The molecule has 0 aliphatic heterocycles. The Bertz CT molecular complexity index is 1180. The van der Waals surface area contributed by atoms with Crippen molar-refractivity contribution in [2.24, 2.45) is 0 Å². The molecule has 1 rings (SSSR count). The number of hydrogen-bond acceptors (Lipinski definition) is 10. The van der Waals surface area contributed by atoms with Crippen molar-refractivity contribution in [2.45, 2.75) is 6.61 Å². The summed E-state index contributed by atoms with van der Waals surface area (Å²) in [4.78, 5) is 104. The summed E-state index contributed by atoms with van der Waals surface area (Å²) in [6.45, 7) is -4.14. The summed E-state index contributed by atoms with van der Waals surface area (Å²) < 4.78 is 4.94. The van der Waals surface area contributed by atoms with Gasteiger partial charge in [0.15, 0.2) is 0 Å². The second kappa shape index (κ2) is 20.2.